The van der Waals surface area contributed by atoms with Crippen molar-refractivity contribution in [2.24, 2.45) is 0 Å². The van der Waals surface area contributed by atoms with Crippen LogP contribution in [0.15, 0.2) is 47.6 Å². The minimum Gasteiger partial charge on any atom is -0.496 e. The van der Waals surface area contributed by atoms with E-state index in [0.29, 0.717) is 0 Å². The van der Waals surface area contributed by atoms with Crippen molar-refractivity contribution in [1.82, 2.24) is 0 Å². The van der Waals surface area contributed by atoms with Gasteiger partial charge in [0, 0.05) is 5.56 Å². The van der Waals surface area contributed by atoms with Crippen LogP contribution in [-0.4, -0.2) is 7.11 Å². The molecule has 0 saturated heterocycles. The van der Waals surface area contributed by atoms with Crippen LogP contribution >= 0.6 is 0 Å². The fourth-order valence-electron chi connectivity index (χ4n) is 2.78. The second-order valence-electron chi connectivity index (χ2n) is 4.84. The quantitative estimate of drug-likeness (QED) is 0.746. The van der Waals surface area contributed by atoms with E-state index in [1.165, 1.54) is 35.1 Å². The number of allylic oxidation sites excluding steroid dienone is 5. The van der Waals surface area contributed by atoms with Crippen LogP contribution in [0.3, 0.4) is 0 Å². The Hall–Kier alpha value is -1.76. The van der Waals surface area contributed by atoms with Crippen LogP contribution in [0.5, 0.6) is 5.75 Å². The normalized spacial score (nSPS) is 17.8. The molecule has 3 rings (SSSR count). The van der Waals surface area contributed by atoms with Crippen molar-refractivity contribution in [3.63, 3.8) is 0 Å². The highest BCUT2D eigenvalue weighted by atomic mass is 16.5. The van der Waals surface area contributed by atoms with Gasteiger partial charge < -0.3 is 4.74 Å². The highest BCUT2D eigenvalue weighted by Gasteiger charge is 2.16. The van der Waals surface area contributed by atoms with Crippen LogP contribution in [0.4, 0.5) is 0 Å². The van der Waals surface area contributed by atoms with Crippen molar-refractivity contribution in [1.29, 1.82) is 0 Å². The fraction of sp³-hybridized carbons (Fsp3) is 0.294. The number of fused-ring (bicyclic) bond motifs is 1. The largest absolute Gasteiger partial charge is 0.496 e. The second kappa shape index (κ2) is 4.85. The van der Waals surface area contributed by atoms with Crippen molar-refractivity contribution in [3.8, 4) is 5.75 Å². The number of rotatable bonds is 2. The molecule has 1 heteroatoms. The molecular weight excluding hydrogens is 220 g/mol. The Morgan fingerprint density at radius 3 is 2.83 bits per heavy atom. The molecule has 0 aliphatic heterocycles. The highest BCUT2D eigenvalue weighted by molar-refractivity contribution is 5.68. The van der Waals surface area contributed by atoms with Crippen LogP contribution in [0.1, 0.15) is 30.4 Å². The van der Waals surface area contributed by atoms with E-state index in [0.717, 1.165) is 18.6 Å². The molecule has 0 bridgehead atoms. The Morgan fingerprint density at radius 1 is 1.11 bits per heavy atom. The summed E-state index contributed by atoms with van der Waals surface area (Å²) in [6.07, 6.45) is 13.8. The Kier molecular flexibility index (Phi) is 3.06. The predicted molar refractivity (Wildman–Crippen MR) is 75.7 cm³/mol. The Morgan fingerprint density at radius 2 is 2.06 bits per heavy atom. The molecule has 0 unspecified atom stereocenters. The fourth-order valence-corrected chi connectivity index (χ4v) is 2.78. The molecule has 1 nitrogen and oxygen atoms in total. The monoisotopic (exact) mass is 238 g/mol. The molecule has 0 amide bonds. The number of hydrogen-bond acceptors (Lipinski definition) is 1. The van der Waals surface area contributed by atoms with Crippen LogP contribution in [0.2, 0.25) is 0 Å². The van der Waals surface area contributed by atoms with Crippen LogP contribution in [-0.2, 0) is 6.42 Å². The number of benzene rings is 1. The van der Waals surface area contributed by atoms with Gasteiger partial charge in [0.1, 0.15) is 5.75 Å². The van der Waals surface area contributed by atoms with E-state index in [9.17, 15) is 0 Å². The van der Waals surface area contributed by atoms with Gasteiger partial charge in [-0.05, 0) is 48.5 Å². The van der Waals surface area contributed by atoms with E-state index in [1.54, 1.807) is 7.11 Å². The molecule has 0 atom stereocenters. The zero-order valence-electron chi connectivity index (χ0n) is 10.8. The summed E-state index contributed by atoms with van der Waals surface area (Å²) in [5.74, 6) is 1.02. The second-order valence-corrected chi connectivity index (χ2v) is 4.84. The summed E-state index contributed by atoms with van der Waals surface area (Å²) in [5.41, 5.74) is 5.54. The predicted octanol–water partition coefficient (Wildman–Crippen LogP) is 4.30. The molecular formula is C17H18O. The van der Waals surface area contributed by atoms with E-state index < -0.39 is 0 Å². The SMILES string of the molecule is COc1cccc2c1CCC(C1=CCCC=C1)=C2. The van der Waals surface area contributed by atoms with Gasteiger partial charge in [0.25, 0.3) is 0 Å². The standard InChI is InChI=1S/C17H18O/c1-18-17-9-5-8-15-12-14(10-11-16(15)17)13-6-3-2-4-7-13/h3,5-9,12H,2,4,10-11H2,1H3. The third kappa shape index (κ3) is 2.01. The zero-order chi connectivity index (χ0) is 12.4. The molecule has 0 N–H and O–H groups in total. The Labute approximate surface area is 108 Å². The number of methoxy groups -OCH3 is 1. The van der Waals surface area contributed by atoms with Crippen molar-refractivity contribution in [3.05, 3.63) is 58.7 Å². The first-order valence-corrected chi connectivity index (χ1v) is 6.62. The molecule has 0 fully saturated rings. The van der Waals surface area contributed by atoms with Crippen molar-refractivity contribution < 1.29 is 4.74 Å². The minimum atomic E-state index is 1.02. The molecule has 2 aliphatic rings. The zero-order valence-corrected chi connectivity index (χ0v) is 10.8. The average Bonchev–Trinajstić information content (AvgIpc) is 2.47. The van der Waals surface area contributed by atoms with E-state index >= 15 is 0 Å². The molecule has 2 aliphatic carbocycles. The Balaban J connectivity index is 1.99. The molecule has 92 valence electrons. The van der Waals surface area contributed by atoms with E-state index in [4.69, 9.17) is 4.74 Å². The molecule has 0 saturated carbocycles. The van der Waals surface area contributed by atoms with E-state index in [-0.39, 0.29) is 0 Å². The number of ether oxygens (including phenoxy) is 1. The lowest BCUT2D eigenvalue weighted by atomic mass is 9.86. The maximum absolute atomic E-state index is 5.44. The van der Waals surface area contributed by atoms with Gasteiger partial charge in [-0.2, -0.15) is 0 Å². The van der Waals surface area contributed by atoms with Crippen molar-refractivity contribution in [2.45, 2.75) is 25.7 Å². The van der Waals surface area contributed by atoms with Crippen LogP contribution < -0.4 is 4.74 Å². The maximum atomic E-state index is 5.44. The third-order valence-corrected chi connectivity index (χ3v) is 3.73. The Bertz CT molecular complexity index is 547. The van der Waals surface area contributed by atoms with Gasteiger partial charge in [0.05, 0.1) is 7.11 Å². The van der Waals surface area contributed by atoms with Gasteiger partial charge in [-0.15, -0.1) is 0 Å². The molecule has 0 heterocycles. The third-order valence-electron chi connectivity index (χ3n) is 3.73. The summed E-state index contributed by atoms with van der Waals surface area (Å²) in [5, 5.41) is 0. The topological polar surface area (TPSA) is 9.23 Å². The average molecular weight is 238 g/mol. The van der Waals surface area contributed by atoms with E-state index in [1.807, 2.05) is 0 Å². The molecule has 0 aromatic heterocycles. The van der Waals surface area contributed by atoms with E-state index in [2.05, 4.69) is 42.5 Å². The minimum absolute atomic E-state index is 1.02. The number of hydrogen-bond donors (Lipinski definition) is 0. The summed E-state index contributed by atoms with van der Waals surface area (Å²) in [4.78, 5) is 0. The van der Waals surface area contributed by atoms with Gasteiger partial charge in [0.15, 0.2) is 0 Å². The van der Waals surface area contributed by atoms with Gasteiger partial charge in [-0.1, -0.05) is 36.4 Å². The summed E-state index contributed by atoms with van der Waals surface area (Å²) in [6.45, 7) is 0. The lowest BCUT2D eigenvalue weighted by molar-refractivity contribution is 0.409. The van der Waals surface area contributed by atoms with Crippen molar-refractivity contribution in [2.75, 3.05) is 7.11 Å². The summed E-state index contributed by atoms with van der Waals surface area (Å²) in [6, 6.07) is 6.31. The first-order valence-electron chi connectivity index (χ1n) is 6.62. The van der Waals surface area contributed by atoms with Gasteiger partial charge in [-0.25, -0.2) is 0 Å². The molecule has 0 spiro atoms. The van der Waals surface area contributed by atoms with Crippen LogP contribution in [0.25, 0.3) is 6.08 Å². The van der Waals surface area contributed by atoms with Gasteiger partial charge in [0.2, 0.25) is 0 Å². The highest BCUT2D eigenvalue weighted by Crippen LogP contribution is 2.34. The summed E-state index contributed by atoms with van der Waals surface area (Å²) in [7, 11) is 1.75. The molecule has 18 heavy (non-hydrogen) atoms. The van der Waals surface area contributed by atoms with Crippen LogP contribution in [0, 0.1) is 0 Å². The molecule has 1 aromatic rings. The summed E-state index contributed by atoms with van der Waals surface area (Å²) < 4.78 is 5.44. The molecule has 1 aromatic carbocycles. The lowest BCUT2D eigenvalue weighted by Gasteiger charge is -2.20. The first-order chi connectivity index (χ1) is 8.88. The van der Waals surface area contributed by atoms with Gasteiger partial charge in [-0.3, -0.25) is 0 Å². The maximum Gasteiger partial charge on any atom is 0.122 e. The smallest absolute Gasteiger partial charge is 0.122 e. The van der Waals surface area contributed by atoms with Crippen molar-refractivity contribution >= 4 is 6.08 Å². The summed E-state index contributed by atoms with van der Waals surface area (Å²) >= 11 is 0. The first kappa shape index (κ1) is 11.3. The van der Waals surface area contributed by atoms with Gasteiger partial charge >= 0.3 is 0 Å². The molecule has 0 radical (unpaired) electrons. The lowest BCUT2D eigenvalue weighted by Crippen LogP contribution is -2.03.